The third-order valence-corrected chi connectivity index (χ3v) is 3.72. The number of amides is 1. The largest absolute Gasteiger partial charge is 0.343 e. The zero-order chi connectivity index (χ0) is 13.6. The summed E-state index contributed by atoms with van der Waals surface area (Å²) in [6, 6.07) is 2.72. The molecule has 1 aliphatic rings. The molecule has 1 aliphatic heterocycles. The Labute approximate surface area is 110 Å². The molecule has 0 bridgehead atoms. The summed E-state index contributed by atoms with van der Waals surface area (Å²) in [5.41, 5.74) is 0.174. The fourth-order valence-electron chi connectivity index (χ4n) is 2.30. The van der Waals surface area contributed by atoms with Crippen molar-refractivity contribution >= 4 is 5.91 Å². The highest BCUT2D eigenvalue weighted by atomic mass is 16.2. The van der Waals surface area contributed by atoms with Gasteiger partial charge in [0.2, 0.25) is 5.91 Å². The van der Waals surface area contributed by atoms with Gasteiger partial charge in [0.1, 0.15) is 0 Å². The van der Waals surface area contributed by atoms with Crippen molar-refractivity contribution in [3.8, 4) is 6.07 Å². The molecule has 4 nitrogen and oxygen atoms in total. The minimum Gasteiger partial charge on any atom is -0.343 e. The van der Waals surface area contributed by atoms with E-state index in [-0.39, 0.29) is 11.3 Å². The first-order valence-corrected chi connectivity index (χ1v) is 6.80. The first kappa shape index (κ1) is 15.0. The number of piperidine rings is 1. The van der Waals surface area contributed by atoms with Crippen LogP contribution in [0.2, 0.25) is 0 Å². The molecule has 1 rings (SSSR count). The highest BCUT2D eigenvalue weighted by Crippen LogP contribution is 2.21. The summed E-state index contributed by atoms with van der Waals surface area (Å²) in [7, 11) is 0. The molecule has 0 radical (unpaired) electrons. The number of nitrogens with zero attached hydrogens (tertiary/aromatic N) is 2. The maximum atomic E-state index is 11.2. The molecule has 0 spiro atoms. The third kappa shape index (κ3) is 5.05. The minimum absolute atomic E-state index is 0.174. The van der Waals surface area contributed by atoms with Crippen LogP contribution in [0.5, 0.6) is 0 Å². The molecule has 102 valence electrons. The predicted molar refractivity (Wildman–Crippen MR) is 71.9 cm³/mol. The normalized spacial score (nSPS) is 17.6. The number of likely N-dealkylation sites (tertiary alicyclic amines) is 1. The van der Waals surface area contributed by atoms with E-state index in [1.807, 2.05) is 4.90 Å². The second kappa shape index (κ2) is 6.75. The van der Waals surface area contributed by atoms with Crippen molar-refractivity contribution in [2.75, 3.05) is 19.6 Å². The fraction of sp³-hybridized carbons (Fsp3) is 0.857. The lowest BCUT2D eigenvalue weighted by molar-refractivity contribution is -0.129. The van der Waals surface area contributed by atoms with Crippen LogP contribution in [0, 0.1) is 16.7 Å². The first-order valence-electron chi connectivity index (χ1n) is 6.80. The van der Waals surface area contributed by atoms with E-state index in [9.17, 15) is 4.79 Å². The highest BCUT2D eigenvalue weighted by Gasteiger charge is 2.23. The van der Waals surface area contributed by atoms with Gasteiger partial charge in [-0.1, -0.05) is 13.8 Å². The van der Waals surface area contributed by atoms with E-state index >= 15 is 0 Å². The van der Waals surface area contributed by atoms with Crippen molar-refractivity contribution in [1.29, 1.82) is 5.26 Å². The Morgan fingerprint density at radius 3 is 2.56 bits per heavy atom. The standard InChI is InChI=1S/C14H25N3O/c1-12(18)17-9-5-13(6-10-17)16-11-14(2,3)7-4-8-15/h13,16H,4-7,9-11H2,1-3H3. The van der Waals surface area contributed by atoms with E-state index in [2.05, 4.69) is 25.2 Å². The molecule has 4 heteroatoms. The van der Waals surface area contributed by atoms with Gasteiger partial charge in [0.15, 0.2) is 0 Å². The molecular weight excluding hydrogens is 226 g/mol. The van der Waals surface area contributed by atoms with Crippen LogP contribution in [0.1, 0.15) is 46.5 Å². The first-order chi connectivity index (χ1) is 8.44. The van der Waals surface area contributed by atoms with Crippen LogP contribution in [0.4, 0.5) is 0 Å². The predicted octanol–water partition coefficient (Wildman–Crippen LogP) is 1.92. The molecule has 1 fully saturated rings. The van der Waals surface area contributed by atoms with Crippen LogP contribution in [0.3, 0.4) is 0 Å². The molecule has 0 aromatic carbocycles. The molecule has 0 saturated carbocycles. The van der Waals surface area contributed by atoms with Crippen molar-refractivity contribution in [2.24, 2.45) is 5.41 Å². The van der Waals surface area contributed by atoms with Gasteiger partial charge in [-0.3, -0.25) is 4.79 Å². The average molecular weight is 251 g/mol. The van der Waals surface area contributed by atoms with Crippen LogP contribution in [0.25, 0.3) is 0 Å². The van der Waals surface area contributed by atoms with Crippen molar-refractivity contribution in [1.82, 2.24) is 10.2 Å². The number of hydrogen-bond acceptors (Lipinski definition) is 3. The van der Waals surface area contributed by atoms with Gasteiger partial charge >= 0.3 is 0 Å². The summed E-state index contributed by atoms with van der Waals surface area (Å²) < 4.78 is 0. The summed E-state index contributed by atoms with van der Waals surface area (Å²) in [6.07, 6.45) is 3.63. The monoisotopic (exact) mass is 251 g/mol. The van der Waals surface area contributed by atoms with E-state index in [0.717, 1.165) is 38.9 Å². The minimum atomic E-state index is 0.174. The molecule has 0 aliphatic carbocycles. The van der Waals surface area contributed by atoms with E-state index in [0.29, 0.717) is 12.5 Å². The third-order valence-electron chi connectivity index (χ3n) is 3.72. The smallest absolute Gasteiger partial charge is 0.219 e. The van der Waals surface area contributed by atoms with Gasteiger partial charge in [-0.05, 0) is 24.7 Å². The number of nitriles is 1. The summed E-state index contributed by atoms with van der Waals surface area (Å²) in [6.45, 7) is 8.71. The molecule has 1 N–H and O–H groups in total. The van der Waals surface area contributed by atoms with Gasteiger partial charge in [0.25, 0.3) is 0 Å². The second-order valence-corrected chi connectivity index (χ2v) is 5.98. The Morgan fingerprint density at radius 2 is 2.06 bits per heavy atom. The fourth-order valence-corrected chi connectivity index (χ4v) is 2.30. The molecule has 0 aromatic rings. The molecule has 0 aromatic heterocycles. The van der Waals surface area contributed by atoms with Crippen LogP contribution >= 0.6 is 0 Å². The van der Waals surface area contributed by atoms with E-state index in [1.54, 1.807) is 6.92 Å². The summed E-state index contributed by atoms with van der Waals surface area (Å²) in [4.78, 5) is 13.1. The lowest BCUT2D eigenvalue weighted by Gasteiger charge is -2.34. The van der Waals surface area contributed by atoms with E-state index in [1.165, 1.54) is 0 Å². The van der Waals surface area contributed by atoms with E-state index in [4.69, 9.17) is 5.26 Å². The molecule has 0 atom stereocenters. The van der Waals surface area contributed by atoms with Crippen LogP contribution in [-0.2, 0) is 4.79 Å². The summed E-state index contributed by atoms with van der Waals surface area (Å²) in [5.74, 6) is 0.183. The Hall–Kier alpha value is -1.08. The number of carbonyl (C=O) groups excluding carboxylic acids is 1. The zero-order valence-electron chi connectivity index (χ0n) is 11.8. The van der Waals surface area contributed by atoms with Crippen molar-refractivity contribution < 1.29 is 4.79 Å². The van der Waals surface area contributed by atoms with Crippen LogP contribution in [0.15, 0.2) is 0 Å². The van der Waals surface area contributed by atoms with Gasteiger partial charge in [-0.2, -0.15) is 5.26 Å². The molecule has 18 heavy (non-hydrogen) atoms. The molecule has 1 saturated heterocycles. The Bertz CT molecular complexity index is 311. The SMILES string of the molecule is CC(=O)N1CCC(NCC(C)(C)CCC#N)CC1. The van der Waals surface area contributed by atoms with Crippen LogP contribution in [-0.4, -0.2) is 36.5 Å². The van der Waals surface area contributed by atoms with Gasteiger partial charge in [-0.25, -0.2) is 0 Å². The molecule has 1 heterocycles. The van der Waals surface area contributed by atoms with Crippen molar-refractivity contribution in [3.05, 3.63) is 0 Å². The van der Waals surface area contributed by atoms with Gasteiger partial charge < -0.3 is 10.2 Å². The average Bonchev–Trinajstić information content (AvgIpc) is 2.35. The number of rotatable bonds is 5. The summed E-state index contributed by atoms with van der Waals surface area (Å²) >= 11 is 0. The lowest BCUT2D eigenvalue weighted by atomic mass is 9.87. The quantitative estimate of drug-likeness (QED) is 0.812. The highest BCUT2D eigenvalue weighted by molar-refractivity contribution is 5.73. The van der Waals surface area contributed by atoms with Gasteiger partial charge in [0, 0.05) is 39.0 Å². The Morgan fingerprint density at radius 1 is 1.44 bits per heavy atom. The zero-order valence-corrected chi connectivity index (χ0v) is 11.8. The van der Waals surface area contributed by atoms with Crippen LogP contribution < -0.4 is 5.32 Å². The number of hydrogen-bond donors (Lipinski definition) is 1. The molecular formula is C14H25N3O. The summed E-state index contributed by atoms with van der Waals surface area (Å²) in [5, 5.41) is 12.2. The van der Waals surface area contributed by atoms with E-state index < -0.39 is 0 Å². The van der Waals surface area contributed by atoms with Crippen molar-refractivity contribution in [2.45, 2.75) is 52.5 Å². The maximum Gasteiger partial charge on any atom is 0.219 e. The second-order valence-electron chi connectivity index (χ2n) is 5.98. The van der Waals surface area contributed by atoms with Crippen molar-refractivity contribution in [3.63, 3.8) is 0 Å². The molecule has 0 unspecified atom stereocenters. The van der Waals surface area contributed by atoms with Gasteiger partial charge in [0.05, 0.1) is 6.07 Å². The Kier molecular flexibility index (Phi) is 5.61. The van der Waals surface area contributed by atoms with Gasteiger partial charge in [-0.15, -0.1) is 0 Å². The number of carbonyl (C=O) groups is 1. The molecule has 1 amide bonds. The number of nitrogens with one attached hydrogen (secondary N) is 1. The topological polar surface area (TPSA) is 56.1 Å². The Balaban J connectivity index is 2.25. The lowest BCUT2D eigenvalue weighted by Crippen LogP contribution is -2.46. The maximum absolute atomic E-state index is 11.2.